The van der Waals surface area contributed by atoms with Gasteiger partial charge in [-0.05, 0) is 37.1 Å². The van der Waals surface area contributed by atoms with E-state index in [0.717, 1.165) is 12.0 Å². The summed E-state index contributed by atoms with van der Waals surface area (Å²) in [6.07, 6.45) is 1.97. The molecule has 6 heteroatoms. The Morgan fingerprint density at radius 3 is 2.50 bits per heavy atom. The van der Waals surface area contributed by atoms with E-state index >= 15 is 0 Å². The molecule has 1 saturated heterocycles. The molecule has 3 amide bonds. The first-order valence-electron chi connectivity index (χ1n) is 7.47. The maximum atomic E-state index is 11.9. The molecule has 1 unspecified atom stereocenters. The van der Waals surface area contributed by atoms with Crippen LogP contribution in [0.3, 0.4) is 0 Å². The highest BCUT2D eigenvalue weighted by atomic mass is 16.2. The molecule has 0 spiro atoms. The van der Waals surface area contributed by atoms with Gasteiger partial charge in [0, 0.05) is 18.5 Å². The number of benzene rings is 1. The van der Waals surface area contributed by atoms with Crippen molar-refractivity contribution in [2.75, 3.05) is 10.2 Å². The Balaban J connectivity index is 2.15. The smallest absolute Gasteiger partial charge is 0.241 e. The third kappa shape index (κ3) is 3.33. The van der Waals surface area contributed by atoms with Crippen molar-refractivity contribution in [3.05, 3.63) is 23.8 Å². The molecular weight excluding hydrogens is 282 g/mol. The Bertz CT molecular complexity index is 597. The minimum absolute atomic E-state index is 0.185. The topological polar surface area (TPSA) is 92.5 Å². The van der Waals surface area contributed by atoms with Crippen LogP contribution in [-0.2, 0) is 14.4 Å². The maximum Gasteiger partial charge on any atom is 0.241 e. The summed E-state index contributed by atoms with van der Waals surface area (Å²) in [5.41, 5.74) is 7.71. The van der Waals surface area contributed by atoms with Crippen LogP contribution in [0.25, 0.3) is 0 Å². The van der Waals surface area contributed by atoms with Crippen LogP contribution in [0.1, 0.15) is 38.2 Å². The minimum atomic E-state index is -0.535. The van der Waals surface area contributed by atoms with Crippen LogP contribution in [0.2, 0.25) is 0 Å². The number of carbonyl (C=O) groups excluding carboxylic acids is 3. The molecule has 1 fully saturated rings. The number of hydrogen-bond acceptors (Lipinski definition) is 4. The number of amides is 3. The highest BCUT2D eigenvalue weighted by molar-refractivity contribution is 6.20. The summed E-state index contributed by atoms with van der Waals surface area (Å²) in [4.78, 5) is 36.7. The van der Waals surface area contributed by atoms with E-state index in [9.17, 15) is 14.4 Å². The molecule has 0 radical (unpaired) electrons. The van der Waals surface area contributed by atoms with Crippen LogP contribution in [0, 0.1) is 6.92 Å². The van der Waals surface area contributed by atoms with Crippen molar-refractivity contribution in [1.29, 1.82) is 0 Å². The molecule has 0 bridgehead atoms. The fourth-order valence-corrected chi connectivity index (χ4v) is 2.51. The zero-order valence-electron chi connectivity index (χ0n) is 12.9. The molecule has 0 aromatic heterocycles. The predicted molar refractivity (Wildman–Crippen MR) is 84.4 cm³/mol. The van der Waals surface area contributed by atoms with Gasteiger partial charge in [-0.2, -0.15) is 0 Å². The lowest BCUT2D eigenvalue weighted by Gasteiger charge is -2.18. The molecule has 6 nitrogen and oxygen atoms in total. The lowest BCUT2D eigenvalue weighted by atomic mass is 10.1. The standard InChI is InChI=1S/C16H21N3O3/c1-3-4-12(17)16(22)18-11-5-6-13(10(2)9-11)19-14(20)7-8-15(19)21/h5-6,9,12H,3-4,7-8,17H2,1-2H3,(H,18,22). The maximum absolute atomic E-state index is 11.9. The molecule has 0 saturated carbocycles. The molecule has 1 atom stereocenters. The van der Waals surface area contributed by atoms with E-state index in [-0.39, 0.29) is 30.6 Å². The molecule has 22 heavy (non-hydrogen) atoms. The average molecular weight is 303 g/mol. The van der Waals surface area contributed by atoms with Gasteiger partial charge in [0.05, 0.1) is 11.7 Å². The summed E-state index contributed by atoms with van der Waals surface area (Å²) >= 11 is 0. The average Bonchev–Trinajstić information content (AvgIpc) is 2.79. The number of hydrogen-bond donors (Lipinski definition) is 2. The van der Waals surface area contributed by atoms with Gasteiger partial charge in [0.25, 0.3) is 0 Å². The Labute approximate surface area is 129 Å². The summed E-state index contributed by atoms with van der Waals surface area (Å²) in [6, 6.07) is 4.56. The van der Waals surface area contributed by atoms with Crippen molar-refractivity contribution >= 4 is 29.1 Å². The predicted octanol–water partition coefficient (Wildman–Crippen LogP) is 1.71. The first kappa shape index (κ1) is 16.2. The highest BCUT2D eigenvalue weighted by Crippen LogP contribution is 2.28. The molecule has 1 aromatic carbocycles. The minimum Gasteiger partial charge on any atom is -0.325 e. The van der Waals surface area contributed by atoms with E-state index in [4.69, 9.17) is 5.73 Å². The van der Waals surface area contributed by atoms with E-state index < -0.39 is 6.04 Å². The fraction of sp³-hybridized carbons (Fsp3) is 0.438. The Morgan fingerprint density at radius 1 is 1.32 bits per heavy atom. The number of nitrogens with two attached hydrogens (primary N) is 1. The van der Waals surface area contributed by atoms with Crippen LogP contribution in [0.4, 0.5) is 11.4 Å². The summed E-state index contributed by atoms with van der Waals surface area (Å²) < 4.78 is 0. The molecule has 1 aliphatic rings. The van der Waals surface area contributed by atoms with Crippen molar-refractivity contribution in [1.82, 2.24) is 0 Å². The van der Waals surface area contributed by atoms with E-state index in [2.05, 4.69) is 5.32 Å². The van der Waals surface area contributed by atoms with Gasteiger partial charge in [0.2, 0.25) is 17.7 Å². The van der Waals surface area contributed by atoms with Gasteiger partial charge in [-0.3, -0.25) is 19.3 Å². The quantitative estimate of drug-likeness (QED) is 0.810. The fourth-order valence-electron chi connectivity index (χ4n) is 2.51. The van der Waals surface area contributed by atoms with Gasteiger partial charge < -0.3 is 11.1 Å². The van der Waals surface area contributed by atoms with E-state index in [1.807, 2.05) is 6.92 Å². The van der Waals surface area contributed by atoms with Gasteiger partial charge in [-0.1, -0.05) is 13.3 Å². The Hall–Kier alpha value is -2.21. The first-order valence-corrected chi connectivity index (χ1v) is 7.47. The lowest BCUT2D eigenvalue weighted by molar-refractivity contribution is -0.121. The van der Waals surface area contributed by atoms with Gasteiger partial charge in [-0.25, -0.2) is 0 Å². The van der Waals surface area contributed by atoms with E-state index in [1.54, 1.807) is 25.1 Å². The van der Waals surface area contributed by atoms with Crippen molar-refractivity contribution in [2.45, 2.75) is 45.6 Å². The highest BCUT2D eigenvalue weighted by Gasteiger charge is 2.31. The van der Waals surface area contributed by atoms with Crippen molar-refractivity contribution < 1.29 is 14.4 Å². The summed E-state index contributed by atoms with van der Waals surface area (Å²) in [7, 11) is 0. The Kier molecular flexibility index (Phi) is 4.92. The largest absolute Gasteiger partial charge is 0.325 e. The summed E-state index contributed by atoms with van der Waals surface area (Å²) in [6.45, 7) is 3.77. The van der Waals surface area contributed by atoms with E-state index in [0.29, 0.717) is 17.8 Å². The number of carbonyl (C=O) groups is 3. The second-order valence-corrected chi connectivity index (χ2v) is 5.51. The van der Waals surface area contributed by atoms with Crippen molar-refractivity contribution in [3.8, 4) is 0 Å². The van der Waals surface area contributed by atoms with Crippen molar-refractivity contribution in [2.24, 2.45) is 5.73 Å². The number of imide groups is 1. The second kappa shape index (κ2) is 6.70. The third-order valence-electron chi connectivity index (χ3n) is 3.69. The van der Waals surface area contributed by atoms with Gasteiger partial charge in [0.1, 0.15) is 0 Å². The normalized spacial score (nSPS) is 16.0. The molecule has 1 aliphatic heterocycles. The number of anilines is 2. The molecule has 118 valence electrons. The van der Waals surface area contributed by atoms with Crippen LogP contribution in [-0.4, -0.2) is 23.8 Å². The summed E-state index contributed by atoms with van der Waals surface area (Å²) in [5.74, 6) is -0.605. The lowest BCUT2D eigenvalue weighted by Crippen LogP contribution is -2.35. The number of aryl methyl sites for hydroxylation is 1. The number of nitrogens with zero attached hydrogens (tertiary/aromatic N) is 1. The zero-order chi connectivity index (χ0) is 16.3. The van der Waals surface area contributed by atoms with Gasteiger partial charge in [0.15, 0.2) is 0 Å². The monoisotopic (exact) mass is 303 g/mol. The second-order valence-electron chi connectivity index (χ2n) is 5.51. The zero-order valence-corrected chi connectivity index (χ0v) is 12.9. The Morgan fingerprint density at radius 2 is 1.95 bits per heavy atom. The molecule has 2 rings (SSSR count). The molecule has 1 aromatic rings. The van der Waals surface area contributed by atoms with Crippen LogP contribution >= 0.6 is 0 Å². The third-order valence-corrected chi connectivity index (χ3v) is 3.69. The van der Waals surface area contributed by atoms with E-state index in [1.165, 1.54) is 4.90 Å². The summed E-state index contributed by atoms with van der Waals surface area (Å²) in [5, 5.41) is 2.76. The van der Waals surface area contributed by atoms with Crippen molar-refractivity contribution in [3.63, 3.8) is 0 Å². The molecule has 1 heterocycles. The van der Waals surface area contributed by atoms with Crippen LogP contribution < -0.4 is 16.0 Å². The first-order chi connectivity index (χ1) is 10.4. The SMILES string of the molecule is CCCC(N)C(=O)Nc1ccc(N2C(=O)CCC2=O)c(C)c1. The van der Waals surface area contributed by atoms with Crippen LogP contribution in [0.15, 0.2) is 18.2 Å². The molecular formula is C16H21N3O3. The molecule has 0 aliphatic carbocycles. The number of nitrogens with one attached hydrogen (secondary N) is 1. The van der Waals surface area contributed by atoms with Crippen LogP contribution in [0.5, 0.6) is 0 Å². The van der Waals surface area contributed by atoms with Gasteiger partial charge in [-0.15, -0.1) is 0 Å². The number of rotatable bonds is 5. The van der Waals surface area contributed by atoms with Gasteiger partial charge >= 0.3 is 0 Å². The molecule has 3 N–H and O–H groups in total.